The van der Waals surface area contributed by atoms with Crippen LogP contribution in [0.3, 0.4) is 0 Å². The molecule has 0 saturated carbocycles. The summed E-state index contributed by atoms with van der Waals surface area (Å²) in [5.74, 6) is 0.341. The van der Waals surface area contributed by atoms with E-state index in [9.17, 15) is 4.39 Å². The third kappa shape index (κ3) is 1.14. The first-order valence-corrected chi connectivity index (χ1v) is 5.37. The fourth-order valence-electron chi connectivity index (χ4n) is 1.71. The lowest BCUT2D eigenvalue weighted by atomic mass is 9.97. The minimum Gasteiger partial charge on any atom is -0.315 e. The van der Waals surface area contributed by atoms with Gasteiger partial charge >= 0.3 is 0 Å². The zero-order valence-electron chi connectivity index (χ0n) is 7.46. The van der Waals surface area contributed by atoms with Gasteiger partial charge in [-0.25, -0.2) is 4.39 Å². The molecule has 2 aromatic rings. The van der Waals surface area contributed by atoms with Crippen LogP contribution >= 0.6 is 11.5 Å². The van der Waals surface area contributed by atoms with Crippen molar-refractivity contribution >= 4 is 21.6 Å². The van der Waals surface area contributed by atoms with Gasteiger partial charge in [0.25, 0.3) is 0 Å². The zero-order chi connectivity index (χ0) is 9.54. The summed E-state index contributed by atoms with van der Waals surface area (Å²) in [5, 5.41) is 4.33. The summed E-state index contributed by atoms with van der Waals surface area (Å²) in [4.78, 5) is 0. The molecule has 1 aromatic heterocycles. The molecule has 1 fully saturated rings. The minimum atomic E-state index is -0.181. The van der Waals surface area contributed by atoms with E-state index in [1.807, 2.05) is 6.07 Å². The summed E-state index contributed by atoms with van der Waals surface area (Å²) >= 11 is 1.39. The van der Waals surface area contributed by atoms with Gasteiger partial charge in [-0.2, -0.15) is 4.37 Å². The Morgan fingerprint density at radius 2 is 2.29 bits per heavy atom. The summed E-state index contributed by atoms with van der Waals surface area (Å²) in [7, 11) is 0. The molecule has 72 valence electrons. The van der Waals surface area contributed by atoms with E-state index in [0.29, 0.717) is 5.92 Å². The number of hydrogen-bond acceptors (Lipinski definition) is 3. The Balaban J connectivity index is 2.16. The quantitative estimate of drug-likeness (QED) is 0.776. The second-order valence-corrected chi connectivity index (χ2v) is 4.37. The highest BCUT2D eigenvalue weighted by atomic mass is 32.1. The van der Waals surface area contributed by atoms with Crippen molar-refractivity contribution in [2.75, 3.05) is 13.1 Å². The largest absolute Gasteiger partial charge is 0.315 e. The van der Waals surface area contributed by atoms with Crippen LogP contribution in [0, 0.1) is 5.82 Å². The molecular weight excluding hydrogens is 199 g/mol. The second kappa shape index (κ2) is 3.00. The number of hydrogen-bond donors (Lipinski definition) is 1. The first kappa shape index (κ1) is 8.32. The Bertz CT molecular complexity index is 476. The Morgan fingerprint density at radius 3 is 3.00 bits per heavy atom. The summed E-state index contributed by atoms with van der Waals surface area (Å²) in [5.41, 5.74) is 1.13. The van der Waals surface area contributed by atoms with Gasteiger partial charge in [-0.05, 0) is 29.7 Å². The van der Waals surface area contributed by atoms with Crippen LogP contribution in [-0.2, 0) is 0 Å². The third-order valence-electron chi connectivity index (χ3n) is 2.63. The van der Waals surface area contributed by atoms with Crippen LogP contribution in [0.25, 0.3) is 10.1 Å². The molecule has 1 N–H and O–H groups in total. The predicted octanol–water partition coefficient (Wildman–Crippen LogP) is 2.12. The molecule has 1 saturated heterocycles. The molecule has 0 amide bonds. The Morgan fingerprint density at radius 1 is 1.43 bits per heavy atom. The van der Waals surface area contributed by atoms with Gasteiger partial charge in [0.05, 0.1) is 10.4 Å². The molecule has 14 heavy (non-hydrogen) atoms. The number of benzene rings is 1. The number of fused-ring (bicyclic) bond motifs is 1. The van der Waals surface area contributed by atoms with Crippen molar-refractivity contribution in [3.8, 4) is 0 Å². The molecule has 2 heterocycles. The third-order valence-corrected chi connectivity index (χ3v) is 3.45. The molecule has 1 aromatic carbocycles. The molecule has 1 aliphatic rings. The topological polar surface area (TPSA) is 24.9 Å². The van der Waals surface area contributed by atoms with E-state index in [0.717, 1.165) is 28.9 Å². The van der Waals surface area contributed by atoms with Gasteiger partial charge in [-0.1, -0.05) is 0 Å². The Hall–Kier alpha value is -1.00. The van der Waals surface area contributed by atoms with E-state index in [1.54, 1.807) is 6.07 Å². The van der Waals surface area contributed by atoms with Crippen molar-refractivity contribution in [2.45, 2.75) is 5.92 Å². The smallest absolute Gasteiger partial charge is 0.124 e. The maximum absolute atomic E-state index is 12.9. The van der Waals surface area contributed by atoms with Crippen molar-refractivity contribution in [1.29, 1.82) is 0 Å². The summed E-state index contributed by atoms with van der Waals surface area (Å²) < 4.78 is 18.3. The Kier molecular flexibility index (Phi) is 1.78. The number of halogens is 1. The SMILES string of the molecule is Fc1ccc2c(C3CNC3)nsc2c1. The average molecular weight is 208 g/mol. The normalized spacial score (nSPS) is 17.2. The molecule has 2 nitrogen and oxygen atoms in total. The second-order valence-electron chi connectivity index (χ2n) is 3.56. The van der Waals surface area contributed by atoms with Crippen LogP contribution in [0.1, 0.15) is 11.6 Å². The van der Waals surface area contributed by atoms with Gasteiger partial charge in [-0.15, -0.1) is 0 Å². The molecule has 4 heteroatoms. The highest BCUT2D eigenvalue weighted by Gasteiger charge is 2.23. The van der Waals surface area contributed by atoms with Gasteiger partial charge in [-0.3, -0.25) is 0 Å². The highest BCUT2D eigenvalue weighted by Crippen LogP contribution is 2.30. The van der Waals surface area contributed by atoms with E-state index in [4.69, 9.17) is 0 Å². The summed E-state index contributed by atoms with van der Waals surface area (Å²) in [6.07, 6.45) is 0. The van der Waals surface area contributed by atoms with E-state index in [1.165, 1.54) is 17.6 Å². The molecule has 0 radical (unpaired) electrons. The van der Waals surface area contributed by atoms with Crippen molar-refractivity contribution in [1.82, 2.24) is 9.69 Å². The lowest BCUT2D eigenvalue weighted by molar-refractivity contribution is 0.445. The van der Waals surface area contributed by atoms with Crippen molar-refractivity contribution < 1.29 is 4.39 Å². The van der Waals surface area contributed by atoms with Crippen molar-refractivity contribution in [2.24, 2.45) is 0 Å². The summed E-state index contributed by atoms with van der Waals surface area (Å²) in [6, 6.07) is 4.90. The molecule has 0 spiro atoms. The van der Waals surface area contributed by atoms with Crippen molar-refractivity contribution in [3.05, 3.63) is 29.7 Å². The number of nitrogens with one attached hydrogen (secondary N) is 1. The molecule has 0 atom stereocenters. The van der Waals surface area contributed by atoms with Crippen LogP contribution in [0.5, 0.6) is 0 Å². The Labute approximate surface area is 84.9 Å². The van der Waals surface area contributed by atoms with Crippen LogP contribution in [0.2, 0.25) is 0 Å². The van der Waals surface area contributed by atoms with Gasteiger partial charge < -0.3 is 5.32 Å². The minimum absolute atomic E-state index is 0.181. The van der Waals surface area contributed by atoms with Crippen LogP contribution in [0.15, 0.2) is 18.2 Å². The molecule has 0 unspecified atom stereocenters. The standard InChI is InChI=1S/C10H9FN2S/c11-7-1-2-8-9(3-7)14-13-10(8)6-4-12-5-6/h1-3,6,12H,4-5H2. The zero-order valence-corrected chi connectivity index (χ0v) is 8.27. The first-order valence-electron chi connectivity index (χ1n) is 4.60. The van der Waals surface area contributed by atoms with Gasteiger partial charge in [0.1, 0.15) is 5.82 Å². The molecule has 0 bridgehead atoms. The van der Waals surface area contributed by atoms with E-state index in [2.05, 4.69) is 9.69 Å². The van der Waals surface area contributed by atoms with Crippen LogP contribution in [0.4, 0.5) is 4.39 Å². The first-order chi connectivity index (χ1) is 6.84. The predicted molar refractivity (Wildman–Crippen MR) is 55.2 cm³/mol. The number of aromatic nitrogens is 1. The fourth-order valence-corrected chi connectivity index (χ4v) is 2.59. The van der Waals surface area contributed by atoms with Crippen LogP contribution in [-0.4, -0.2) is 17.5 Å². The van der Waals surface area contributed by atoms with E-state index in [-0.39, 0.29) is 5.82 Å². The van der Waals surface area contributed by atoms with Crippen LogP contribution < -0.4 is 5.32 Å². The maximum Gasteiger partial charge on any atom is 0.124 e. The number of rotatable bonds is 1. The maximum atomic E-state index is 12.9. The van der Waals surface area contributed by atoms with Gasteiger partial charge in [0.2, 0.25) is 0 Å². The van der Waals surface area contributed by atoms with E-state index < -0.39 is 0 Å². The monoisotopic (exact) mass is 208 g/mol. The molecular formula is C10H9FN2S. The lowest BCUT2D eigenvalue weighted by Gasteiger charge is -2.25. The fraction of sp³-hybridized carbons (Fsp3) is 0.300. The van der Waals surface area contributed by atoms with Gasteiger partial charge in [0, 0.05) is 24.4 Å². The lowest BCUT2D eigenvalue weighted by Crippen LogP contribution is -2.40. The molecule has 1 aliphatic heterocycles. The highest BCUT2D eigenvalue weighted by molar-refractivity contribution is 7.13. The van der Waals surface area contributed by atoms with Crippen molar-refractivity contribution in [3.63, 3.8) is 0 Å². The average Bonchev–Trinajstić information content (AvgIpc) is 2.45. The molecule has 3 rings (SSSR count). The van der Waals surface area contributed by atoms with E-state index >= 15 is 0 Å². The van der Waals surface area contributed by atoms with Gasteiger partial charge in [0.15, 0.2) is 0 Å². The number of nitrogens with zero attached hydrogens (tertiary/aromatic N) is 1. The summed E-state index contributed by atoms with van der Waals surface area (Å²) in [6.45, 7) is 1.99. The molecule has 0 aliphatic carbocycles.